The monoisotopic (exact) mass is 400 g/mol. The summed E-state index contributed by atoms with van der Waals surface area (Å²) in [4.78, 5) is 0. The maximum absolute atomic E-state index is 2.76. The summed E-state index contributed by atoms with van der Waals surface area (Å²) in [5.74, 6) is 4.24. The minimum Gasteiger partial charge on any atom is -0.0802 e. The van der Waals surface area contributed by atoms with E-state index in [0.29, 0.717) is 0 Å². The predicted octanol–water partition coefficient (Wildman–Crippen LogP) is 8.02. The zero-order valence-corrected chi connectivity index (χ0v) is 19.3. The minimum absolute atomic E-state index is 1.03. The molecule has 0 heterocycles. The minimum atomic E-state index is -1.53. The summed E-state index contributed by atoms with van der Waals surface area (Å²) in [7, 11) is -1.53. The van der Waals surface area contributed by atoms with Crippen LogP contribution in [0.1, 0.15) is 62.5 Å². The molecular weight excluding hydrogens is 364 g/mol. The lowest BCUT2D eigenvalue weighted by Gasteiger charge is -2.42. The van der Waals surface area contributed by atoms with Gasteiger partial charge in [-0.25, -0.2) is 0 Å². The zero-order chi connectivity index (χ0) is 19.6. The van der Waals surface area contributed by atoms with Crippen molar-refractivity contribution in [2.75, 3.05) is 0 Å². The Morgan fingerprint density at radius 3 is 2.03 bits per heavy atom. The van der Waals surface area contributed by atoms with Crippen LogP contribution in [0.15, 0.2) is 42.5 Å². The fraction of sp³-hybridized carbons (Fsp3) is 0.571. The first kappa shape index (κ1) is 18.4. The quantitative estimate of drug-likeness (QED) is 0.448. The van der Waals surface area contributed by atoms with E-state index in [1.54, 1.807) is 24.0 Å². The van der Waals surface area contributed by atoms with Gasteiger partial charge in [0.15, 0.2) is 0 Å². The number of rotatable bonds is 2. The van der Waals surface area contributed by atoms with Crippen molar-refractivity contribution in [3.8, 4) is 0 Å². The van der Waals surface area contributed by atoms with Crippen molar-refractivity contribution in [3.05, 3.63) is 53.6 Å². The second-order valence-electron chi connectivity index (χ2n) is 11.1. The molecule has 0 aromatic heterocycles. The van der Waals surface area contributed by atoms with Gasteiger partial charge in [-0.1, -0.05) is 99.3 Å². The Morgan fingerprint density at radius 2 is 1.34 bits per heavy atom. The number of fused-ring (bicyclic) bond motifs is 6. The Hall–Kier alpha value is -1.34. The largest absolute Gasteiger partial charge is 0.0846 e. The van der Waals surface area contributed by atoms with E-state index in [2.05, 4.69) is 55.6 Å². The molecule has 1 heteroatoms. The lowest BCUT2D eigenvalue weighted by Crippen LogP contribution is -2.40. The fourth-order valence-corrected chi connectivity index (χ4v) is 13.5. The maximum atomic E-state index is 2.76. The average Bonchev–Trinajstić information content (AvgIpc) is 3.34. The molecule has 4 atom stereocenters. The molecule has 2 aromatic rings. The van der Waals surface area contributed by atoms with Gasteiger partial charge < -0.3 is 0 Å². The first-order valence-corrected chi connectivity index (χ1v) is 15.5. The number of allylic oxidation sites excluding steroid dienone is 1. The average molecular weight is 401 g/mol. The Morgan fingerprint density at radius 1 is 0.724 bits per heavy atom. The molecule has 0 saturated heterocycles. The third kappa shape index (κ3) is 2.69. The van der Waals surface area contributed by atoms with Crippen molar-refractivity contribution >= 4 is 24.0 Å². The summed E-state index contributed by atoms with van der Waals surface area (Å²) in [6, 6.07) is 13.9. The van der Waals surface area contributed by atoms with Crippen molar-refractivity contribution in [2.45, 2.75) is 76.4 Å². The molecule has 2 aromatic carbocycles. The van der Waals surface area contributed by atoms with Gasteiger partial charge in [-0.2, -0.15) is 0 Å². The van der Waals surface area contributed by atoms with Crippen LogP contribution >= 0.6 is 0 Å². The van der Waals surface area contributed by atoms with Crippen LogP contribution in [0, 0.1) is 23.7 Å². The molecule has 4 aliphatic carbocycles. The van der Waals surface area contributed by atoms with Gasteiger partial charge in [-0.15, -0.1) is 0 Å². The lowest BCUT2D eigenvalue weighted by atomic mass is 9.73. The fourth-order valence-electron chi connectivity index (χ4n) is 8.63. The third-order valence-electron chi connectivity index (χ3n) is 9.59. The van der Waals surface area contributed by atoms with Crippen LogP contribution in [-0.2, 0) is 6.42 Å². The molecule has 4 unspecified atom stereocenters. The van der Waals surface area contributed by atoms with E-state index in [1.807, 2.05) is 5.20 Å². The molecule has 0 nitrogen and oxygen atoms in total. The van der Waals surface area contributed by atoms with Crippen molar-refractivity contribution in [2.24, 2.45) is 23.7 Å². The van der Waals surface area contributed by atoms with Gasteiger partial charge in [0.25, 0.3) is 0 Å². The van der Waals surface area contributed by atoms with E-state index in [0.717, 1.165) is 35.6 Å². The molecule has 0 amide bonds. The maximum Gasteiger partial charge on any atom is 0.0846 e. The molecule has 3 fully saturated rings. The van der Waals surface area contributed by atoms with Gasteiger partial charge in [0.1, 0.15) is 0 Å². The van der Waals surface area contributed by atoms with E-state index in [-0.39, 0.29) is 0 Å². The van der Waals surface area contributed by atoms with Gasteiger partial charge in [0, 0.05) is 0 Å². The highest BCUT2D eigenvalue weighted by molar-refractivity contribution is 6.96. The first-order chi connectivity index (χ1) is 14.2. The van der Waals surface area contributed by atoms with Crippen LogP contribution < -0.4 is 0 Å². The van der Waals surface area contributed by atoms with Crippen molar-refractivity contribution < 1.29 is 0 Å². The first-order valence-electron chi connectivity index (χ1n) is 12.4. The molecular formula is C28H36Si. The van der Waals surface area contributed by atoms with E-state index < -0.39 is 8.07 Å². The molecule has 0 N–H and O–H groups in total. The summed E-state index contributed by atoms with van der Waals surface area (Å²) >= 11 is 0. The van der Waals surface area contributed by atoms with Crippen LogP contribution in [0.3, 0.4) is 0 Å². The van der Waals surface area contributed by atoms with E-state index >= 15 is 0 Å². The highest BCUT2D eigenvalue weighted by Gasteiger charge is 2.57. The molecule has 0 aliphatic heterocycles. The highest BCUT2D eigenvalue weighted by Crippen LogP contribution is 2.64. The van der Waals surface area contributed by atoms with Gasteiger partial charge >= 0.3 is 0 Å². The van der Waals surface area contributed by atoms with Crippen LogP contribution in [0.25, 0.3) is 16.0 Å². The van der Waals surface area contributed by atoms with Crippen molar-refractivity contribution in [3.63, 3.8) is 0 Å². The zero-order valence-electron chi connectivity index (χ0n) is 18.3. The van der Waals surface area contributed by atoms with E-state index in [4.69, 9.17) is 0 Å². The normalized spacial score (nSPS) is 33.9. The molecule has 0 radical (unpaired) electrons. The molecule has 3 saturated carbocycles. The number of benzene rings is 2. The van der Waals surface area contributed by atoms with Gasteiger partial charge in [-0.3, -0.25) is 0 Å². The molecule has 29 heavy (non-hydrogen) atoms. The topological polar surface area (TPSA) is 0 Å². The second-order valence-corrected chi connectivity index (χ2v) is 15.8. The number of hydrogen-bond donors (Lipinski definition) is 0. The standard InChI is InChI=1S/C28H36Si/c1-29(2,27-18-17-23-20-10-4-3-9-19(20)15-16-24(23)27)28-25-13-7-5-11-21(25)22-12-6-8-14-26(22)28/h3-4,9-10,15-16,18,21-22,25-26,28H,5-8,11-14,17H2,1-2H3. The summed E-state index contributed by atoms with van der Waals surface area (Å²) < 4.78 is 0. The lowest BCUT2D eigenvalue weighted by molar-refractivity contribution is 0.184. The summed E-state index contributed by atoms with van der Waals surface area (Å²) in [5.41, 5.74) is 4.28. The number of hydrogen-bond acceptors (Lipinski definition) is 0. The second kappa shape index (κ2) is 6.84. The third-order valence-corrected chi connectivity index (χ3v) is 14.0. The summed E-state index contributed by atoms with van der Waals surface area (Å²) in [5, 5.41) is 4.73. The molecule has 6 rings (SSSR count). The van der Waals surface area contributed by atoms with Crippen LogP contribution in [0.4, 0.5) is 0 Å². The molecule has 4 aliphatic rings. The summed E-state index contributed by atoms with van der Waals surface area (Å²) in [6.07, 6.45) is 16.0. The summed E-state index contributed by atoms with van der Waals surface area (Å²) in [6.45, 7) is 5.52. The van der Waals surface area contributed by atoms with E-state index in [9.17, 15) is 0 Å². The molecule has 0 bridgehead atoms. The van der Waals surface area contributed by atoms with Gasteiger partial charge in [0.2, 0.25) is 0 Å². The van der Waals surface area contributed by atoms with Crippen LogP contribution in [0.2, 0.25) is 18.6 Å². The Bertz CT molecular complexity index is 945. The molecule has 152 valence electrons. The predicted molar refractivity (Wildman–Crippen MR) is 128 cm³/mol. The van der Waals surface area contributed by atoms with E-state index in [1.165, 1.54) is 49.3 Å². The van der Waals surface area contributed by atoms with Crippen LogP contribution in [0.5, 0.6) is 0 Å². The van der Waals surface area contributed by atoms with Gasteiger partial charge in [-0.05, 0) is 70.4 Å². The SMILES string of the molecule is C[Si](C)(C1=CCc2c1ccc1ccccc21)C1C2CCCCC2C2CCCCC21. The van der Waals surface area contributed by atoms with Gasteiger partial charge in [0.05, 0.1) is 8.07 Å². The Labute approximate surface area is 177 Å². The smallest absolute Gasteiger partial charge is 0.0802 e. The Balaban J connectivity index is 1.42. The van der Waals surface area contributed by atoms with Crippen molar-refractivity contribution in [1.82, 2.24) is 0 Å². The van der Waals surface area contributed by atoms with Crippen molar-refractivity contribution in [1.29, 1.82) is 0 Å². The van der Waals surface area contributed by atoms with Crippen LogP contribution in [-0.4, -0.2) is 8.07 Å². The molecule has 0 spiro atoms. The highest BCUT2D eigenvalue weighted by atomic mass is 28.3. The Kier molecular flexibility index (Phi) is 4.35.